The normalized spacial score (nSPS) is 11.5. The molecular weight excluding hydrogens is 351 g/mol. The summed E-state index contributed by atoms with van der Waals surface area (Å²) < 4.78 is 45.4. The molecule has 8 heteroatoms. The third kappa shape index (κ3) is 4.33. The summed E-state index contributed by atoms with van der Waals surface area (Å²) in [6, 6.07) is 15.8. The molecule has 0 saturated carbocycles. The van der Waals surface area contributed by atoms with Gasteiger partial charge in [0.25, 0.3) is 0 Å². The summed E-state index contributed by atoms with van der Waals surface area (Å²) in [7, 11) is 1.52. The van der Waals surface area contributed by atoms with Gasteiger partial charge in [0.05, 0.1) is 13.7 Å². The first-order chi connectivity index (χ1) is 12.0. The zero-order chi connectivity index (χ0) is 17.9. The fraction of sp³-hybridized carbons (Fsp3) is 0.176. The van der Waals surface area contributed by atoms with E-state index in [4.69, 9.17) is 4.74 Å². The van der Waals surface area contributed by atoms with Crippen molar-refractivity contribution in [1.82, 2.24) is 15.0 Å². The van der Waals surface area contributed by atoms with Crippen LogP contribution in [-0.4, -0.2) is 27.6 Å². The molecule has 0 radical (unpaired) electrons. The molecule has 2 aromatic carbocycles. The minimum absolute atomic E-state index is 0.0403. The van der Waals surface area contributed by atoms with E-state index in [9.17, 15) is 13.2 Å². The molecule has 1 heterocycles. The van der Waals surface area contributed by atoms with Crippen LogP contribution in [0, 0.1) is 0 Å². The monoisotopic (exact) mass is 365 g/mol. The van der Waals surface area contributed by atoms with E-state index in [1.165, 1.54) is 11.8 Å². The van der Waals surface area contributed by atoms with E-state index in [0.29, 0.717) is 11.3 Å². The second kappa shape index (κ2) is 7.18. The molecule has 0 aliphatic heterocycles. The standard InChI is InChI=1S/C17H14F3N3OS/c1-24-14-9-7-13(8-10-14)15-16(25-17(18,19)20)23(22-21-15)11-12-5-3-2-4-6-12/h2-10H,11H2,1H3. The SMILES string of the molecule is COc1ccc(-c2nnn(Cc3ccccc3)c2SC(F)(F)F)cc1. The minimum atomic E-state index is -4.43. The maximum Gasteiger partial charge on any atom is 0.447 e. The Labute approximate surface area is 146 Å². The van der Waals surface area contributed by atoms with Crippen LogP contribution >= 0.6 is 11.8 Å². The van der Waals surface area contributed by atoms with E-state index < -0.39 is 5.51 Å². The fourth-order valence-electron chi connectivity index (χ4n) is 2.30. The highest BCUT2D eigenvalue weighted by atomic mass is 32.2. The fourth-order valence-corrected chi connectivity index (χ4v) is 2.99. The Morgan fingerprint density at radius 3 is 2.32 bits per heavy atom. The molecule has 0 N–H and O–H groups in total. The number of aromatic nitrogens is 3. The van der Waals surface area contributed by atoms with Gasteiger partial charge in [-0.2, -0.15) is 13.2 Å². The molecule has 0 spiro atoms. The van der Waals surface area contributed by atoms with Crippen molar-refractivity contribution in [2.24, 2.45) is 0 Å². The molecule has 0 fully saturated rings. The predicted molar refractivity (Wildman–Crippen MR) is 89.5 cm³/mol. The Kier molecular flexibility index (Phi) is 4.98. The molecule has 0 saturated heterocycles. The number of methoxy groups -OCH3 is 1. The summed E-state index contributed by atoms with van der Waals surface area (Å²) in [5, 5.41) is 7.86. The molecule has 0 aliphatic rings. The molecule has 3 rings (SSSR count). The number of alkyl halides is 3. The summed E-state index contributed by atoms with van der Waals surface area (Å²) in [6.45, 7) is 0.211. The number of halogens is 3. The van der Waals surface area contributed by atoms with Gasteiger partial charge in [-0.05, 0) is 29.8 Å². The van der Waals surface area contributed by atoms with E-state index in [-0.39, 0.29) is 29.0 Å². The third-order valence-corrected chi connectivity index (χ3v) is 4.27. The second-order valence-electron chi connectivity index (χ2n) is 5.16. The van der Waals surface area contributed by atoms with Crippen LogP contribution < -0.4 is 4.74 Å². The van der Waals surface area contributed by atoms with E-state index in [1.54, 1.807) is 24.3 Å². The summed E-state index contributed by atoms with van der Waals surface area (Å²) in [5.74, 6) is 0.616. The Bertz CT molecular complexity index is 833. The Morgan fingerprint density at radius 1 is 1.04 bits per heavy atom. The van der Waals surface area contributed by atoms with Gasteiger partial charge < -0.3 is 4.74 Å². The summed E-state index contributed by atoms with van der Waals surface area (Å²) in [6.07, 6.45) is 0. The van der Waals surface area contributed by atoms with Crippen molar-refractivity contribution in [2.45, 2.75) is 17.1 Å². The lowest BCUT2D eigenvalue weighted by atomic mass is 10.1. The van der Waals surface area contributed by atoms with Gasteiger partial charge in [0.2, 0.25) is 0 Å². The first-order valence-electron chi connectivity index (χ1n) is 7.34. The second-order valence-corrected chi connectivity index (χ2v) is 6.22. The van der Waals surface area contributed by atoms with Crippen molar-refractivity contribution in [3.05, 3.63) is 60.2 Å². The number of ether oxygens (including phenoxy) is 1. The number of thioether (sulfide) groups is 1. The lowest BCUT2D eigenvalue weighted by molar-refractivity contribution is -0.0330. The summed E-state index contributed by atoms with van der Waals surface area (Å²) in [5.41, 5.74) is -2.84. The molecule has 4 nitrogen and oxygen atoms in total. The zero-order valence-corrected chi connectivity index (χ0v) is 14.0. The molecule has 0 aliphatic carbocycles. The van der Waals surface area contributed by atoms with Crippen molar-refractivity contribution >= 4 is 11.8 Å². The number of rotatable bonds is 5. The van der Waals surface area contributed by atoms with E-state index >= 15 is 0 Å². The van der Waals surface area contributed by atoms with Gasteiger partial charge in [-0.1, -0.05) is 35.5 Å². The van der Waals surface area contributed by atoms with Crippen molar-refractivity contribution < 1.29 is 17.9 Å². The molecule has 0 atom stereocenters. The predicted octanol–water partition coefficient (Wildman–Crippen LogP) is 4.61. The highest BCUT2D eigenvalue weighted by Gasteiger charge is 2.34. The van der Waals surface area contributed by atoms with Gasteiger partial charge in [-0.25, -0.2) is 4.68 Å². The Hall–Kier alpha value is -2.48. The van der Waals surface area contributed by atoms with Crippen LogP contribution in [0.2, 0.25) is 0 Å². The molecular formula is C17H14F3N3OS. The van der Waals surface area contributed by atoms with E-state index in [0.717, 1.165) is 5.56 Å². The van der Waals surface area contributed by atoms with Gasteiger partial charge in [-0.3, -0.25) is 0 Å². The topological polar surface area (TPSA) is 39.9 Å². The van der Waals surface area contributed by atoms with Crippen LogP contribution in [0.3, 0.4) is 0 Å². The van der Waals surface area contributed by atoms with Crippen LogP contribution in [-0.2, 0) is 6.54 Å². The Balaban J connectivity index is 1.99. The lowest BCUT2D eigenvalue weighted by Crippen LogP contribution is -2.08. The third-order valence-electron chi connectivity index (χ3n) is 3.44. The smallest absolute Gasteiger partial charge is 0.447 e. The number of benzene rings is 2. The van der Waals surface area contributed by atoms with Crippen LogP contribution in [0.4, 0.5) is 13.2 Å². The van der Waals surface area contributed by atoms with Crippen LogP contribution in [0.25, 0.3) is 11.3 Å². The molecule has 0 bridgehead atoms. The van der Waals surface area contributed by atoms with Gasteiger partial charge in [0, 0.05) is 17.3 Å². The molecule has 25 heavy (non-hydrogen) atoms. The Morgan fingerprint density at radius 2 is 1.72 bits per heavy atom. The van der Waals surface area contributed by atoms with Crippen molar-refractivity contribution in [2.75, 3.05) is 7.11 Å². The molecule has 130 valence electrons. The number of nitrogens with zero attached hydrogens (tertiary/aromatic N) is 3. The van der Waals surface area contributed by atoms with Crippen LogP contribution in [0.5, 0.6) is 5.75 Å². The average molecular weight is 365 g/mol. The maximum absolute atomic E-state index is 13.0. The van der Waals surface area contributed by atoms with Gasteiger partial charge in [0.15, 0.2) is 0 Å². The van der Waals surface area contributed by atoms with E-state index in [2.05, 4.69) is 10.3 Å². The van der Waals surface area contributed by atoms with Crippen LogP contribution in [0.15, 0.2) is 59.6 Å². The lowest BCUT2D eigenvalue weighted by Gasteiger charge is -2.10. The van der Waals surface area contributed by atoms with Crippen molar-refractivity contribution in [1.29, 1.82) is 0 Å². The average Bonchev–Trinajstić information content (AvgIpc) is 2.96. The highest BCUT2D eigenvalue weighted by molar-refractivity contribution is 8.00. The molecule has 0 unspecified atom stereocenters. The zero-order valence-electron chi connectivity index (χ0n) is 13.2. The summed E-state index contributed by atoms with van der Waals surface area (Å²) >= 11 is -0.209. The quantitative estimate of drug-likeness (QED) is 0.619. The summed E-state index contributed by atoms with van der Waals surface area (Å²) in [4.78, 5) is 0. The number of hydrogen-bond acceptors (Lipinski definition) is 4. The number of hydrogen-bond donors (Lipinski definition) is 0. The minimum Gasteiger partial charge on any atom is -0.497 e. The molecule has 3 aromatic rings. The van der Waals surface area contributed by atoms with Gasteiger partial charge >= 0.3 is 5.51 Å². The van der Waals surface area contributed by atoms with Crippen molar-refractivity contribution in [3.63, 3.8) is 0 Å². The van der Waals surface area contributed by atoms with Gasteiger partial charge in [0.1, 0.15) is 16.5 Å². The highest BCUT2D eigenvalue weighted by Crippen LogP contribution is 2.41. The van der Waals surface area contributed by atoms with Crippen molar-refractivity contribution in [3.8, 4) is 17.0 Å². The maximum atomic E-state index is 13.0. The molecule has 1 aromatic heterocycles. The van der Waals surface area contributed by atoms with Crippen LogP contribution in [0.1, 0.15) is 5.56 Å². The molecule has 0 amide bonds. The largest absolute Gasteiger partial charge is 0.497 e. The first kappa shape index (κ1) is 17.3. The van der Waals surface area contributed by atoms with Gasteiger partial charge in [-0.15, -0.1) is 5.10 Å². The van der Waals surface area contributed by atoms with E-state index in [1.807, 2.05) is 30.3 Å². The first-order valence-corrected chi connectivity index (χ1v) is 8.15.